The van der Waals surface area contributed by atoms with Crippen LogP contribution in [0.2, 0.25) is 0 Å². The fraction of sp³-hybridized carbons (Fsp3) is 0.556. The number of rotatable bonds is 9. The minimum absolute atomic E-state index is 0.0129. The summed E-state index contributed by atoms with van der Waals surface area (Å²) < 4.78 is 5.14. The normalized spacial score (nSPS) is 30.9. The first kappa shape index (κ1) is 22.1. The van der Waals surface area contributed by atoms with Crippen LogP contribution in [0, 0.1) is 49.4 Å². The third kappa shape index (κ3) is 3.94. The molecule has 5 aliphatic rings. The highest BCUT2D eigenvalue weighted by molar-refractivity contribution is 6.06. The van der Waals surface area contributed by atoms with E-state index >= 15 is 0 Å². The van der Waals surface area contributed by atoms with E-state index in [9.17, 15) is 19.2 Å². The van der Waals surface area contributed by atoms with Crippen molar-refractivity contribution in [1.82, 2.24) is 4.90 Å². The highest BCUT2D eigenvalue weighted by Crippen LogP contribution is 2.65. The van der Waals surface area contributed by atoms with Crippen molar-refractivity contribution in [3.8, 4) is 0 Å². The summed E-state index contributed by atoms with van der Waals surface area (Å²) in [5.41, 5.74) is 2.69. The molecule has 2 bridgehead atoms. The lowest BCUT2D eigenvalue weighted by Crippen LogP contribution is -2.40. The van der Waals surface area contributed by atoms with Crippen LogP contribution in [0.3, 0.4) is 0 Å². The van der Waals surface area contributed by atoms with Crippen LogP contribution in [0.1, 0.15) is 53.6 Å². The van der Waals surface area contributed by atoms with Crippen LogP contribution in [-0.4, -0.2) is 41.6 Å². The second-order valence-electron chi connectivity index (χ2n) is 10.2. The fourth-order valence-corrected chi connectivity index (χ4v) is 6.17. The number of hydrogen-bond acceptors (Lipinski definition) is 5. The molecule has 0 unspecified atom stereocenters. The van der Waals surface area contributed by atoms with Gasteiger partial charge >= 0.3 is 5.97 Å². The number of carbonyl (C=O) groups is 4. The number of carbonyl (C=O) groups excluding carboxylic acids is 4. The average molecular weight is 450 g/mol. The summed E-state index contributed by atoms with van der Waals surface area (Å²) >= 11 is 0. The van der Waals surface area contributed by atoms with Crippen molar-refractivity contribution in [1.29, 1.82) is 0 Å². The molecule has 2 saturated carbocycles. The first-order valence-corrected chi connectivity index (χ1v) is 12.2. The number of likely N-dealkylation sites (tertiary alicyclic amines) is 1. The molecule has 174 valence electrons. The topological polar surface area (TPSA) is 80.8 Å². The predicted molar refractivity (Wildman–Crippen MR) is 121 cm³/mol. The number of benzene rings is 1. The van der Waals surface area contributed by atoms with Crippen LogP contribution in [0.5, 0.6) is 0 Å². The van der Waals surface area contributed by atoms with Gasteiger partial charge in [0.05, 0.1) is 11.8 Å². The Hall–Kier alpha value is -2.76. The third-order valence-corrected chi connectivity index (χ3v) is 8.21. The quantitative estimate of drug-likeness (QED) is 0.189. The van der Waals surface area contributed by atoms with E-state index in [2.05, 4.69) is 12.2 Å². The zero-order chi connectivity index (χ0) is 23.3. The summed E-state index contributed by atoms with van der Waals surface area (Å²) in [5.74, 6) is 0.894. The number of Topliss-reactive ketones (excluding diaryl/α,β-unsaturated/α-hetero) is 1. The molecule has 1 aliphatic heterocycles. The van der Waals surface area contributed by atoms with Crippen molar-refractivity contribution in [3.63, 3.8) is 0 Å². The highest BCUT2D eigenvalue weighted by Gasteiger charge is 2.66. The number of unbranched alkanes of at least 4 members (excludes halogenated alkanes) is 2. The largest absolute Gasteiger partial charge is 0.457 e. The second-order valence-corrected chi connectivity index (χ2v) is 10.2. The Morgan fingerprint density at radius 2 is 1.61 bits per heavy atom. The molecule has 1 aromatic carbocycles. The van der Waals surface area contributed by atoms with Gasteiger partial charge in [-0.25, -0.2) is 0 Å². The van der Waals surface area contributed by atoms with Gasteiger partial charge in [-0.2, -0.15) is 0 Å². The summed E-state index contributed by atoms with van der Waals surface area (Å²) in [6.45, 7) is 4.10. The molecule has 33 heavy (non-hydrogen) atoms. The number of imide groups is 1. The monoisotopic (exact) mass is 449 g/mol. The van der Waals surface area contributed by atoms with Crippen LogP contribution in [0.4, 0.5) is 0 Å². The van der Waals surface area contributed by atoms with E-state index in [1.165, 1.54) is 11.3 Å². The number of ketones is 1. The predicted octanol–water partition coefficient (Wildman–Crippen LogP) is 3.64. The Morgan fingerprint density at radius 1 is 0.939 bits per heavy atom. The average Bonchev–Trinajstić information content (AvgIpc) is 3.59. The van der Waals surface area contributed by atoms with Gasteiger partial charge in [0.2, 0.25) is 11.8 Å². The molecule has 1 heterocycles. The zero-order valence-corrected chi connectivity index (χ0v) is 19.3. The Balaban J connectivity index is 1.02. The number of esters is 1. The van der Waals surface area contributed by atoms with E-state index in [4.69, 9.17) is 4.74 Å². The van der Waals surface area contributed by atoms with Crippen molar-refractivity contribution < 1.29 is 23.9 Å². The lowest BCUT2D eigenvalue weighted by molar-refractivity contribution is -0.143. The lowest BCUT2D eigenvalue weighted by Gasteiger charge is -2.37. The minimum atomic E-state index is -0.395. The number of allylic oxidation sites excluding steroid dienone is 2. The maximum Gasteiger partial charge on any atom is 0.306 e. The molecule has 0 N–H and O–H groups in total. The highest BCUT2D eigenvalue weighted by atomic mass is 16.5. The second kappa shape index (κ2) is 8.54. The molecule has 0 aromatic heterocycles. The molecule has 6 rings (SSSR count). The molecule has 6 heteroatoms. The van der Waals surface area contributed by atoms with Crippen LogP contribution in [0.25, 0.3) is 0 Å². The van der Waals surface area contributed by atoms with Crippen molar-refractivity contribution in [2.45, 2.75) is 46.0 Å². The van der Waals surface area contributed by atoms with Crippen molar-refractivity contribution in [3.05, 3.63) is 47.0 Å². The number of hydrogen-bond donors (Lipinski definition) is 0. The van der Waals surface area contributed by atoms with Gasteiger partial charge in [0.15, 0.2) is 12.4 Å². The summed E-state index contributed by atoms with van der Waals surface area (Å²) in [4.78, 5) is 51.6. The molecular formula is C27H31NO5. The van der Waals surface area contributed by atoms with E-state index in [-0.39, 0.29) is 54.3 Å². The molecule has 0 radical (unpaired) electrons. The maximum absolute atomic E-state index is 12.9. The summed E-state index contributed by atoms with van der Waals surface area (Å²) in [6, 6.07) is 5.45. The Morgan fingerprint density at radius 3 is 2.24 bits per heavy atom. The number of amides is 2. The van der Waals surface area contributed by atoms with Gasteiger partial charge in [-0.05, 0) is 74.0 Å². The van der Waals surface area contributed by atoms with Crippen molar-refractivity contribution in [2.24, 2.45) is 35.5 Å². The van der Waals surface area contributed by atoms with Crippen molar-refractivity contribution >= 4 is 23.6 Å². The smallest absolute Gasteiger partial charge is 0.306 e. The first-order valence-electron chi connectivity index (χ1n) is 12.2. The van der Waals surface area contributed by atoms with E-state index in [1.54, 1.807) is 6.07 Å². The molecule has 4 aliphatic carbocycles. The van der Waals surface area contributed by atoms with Crippen LogP contribution in [-0.2, 0) is 19.1 Å². The fourth-order valence-electron chi connectivity index (χ4n) is 6.17. The van der Waals surface area contributed by atoms with E-state index in [0.29, 0.717) is 36.8 Å². The standard InChI is InChI=1S/C27H31NO5/c1-15-7-8-17(12-16(15)2)22(29)14-33-23(30)6-4-3-5-11-28-26(31)24-18-9-10-19(21-13-20(18)21)25(24)27(28)32/h7-10,12,18-21,24-25H,3-6,11,13-14H2,1-2H3/t18-,19+,20-,21-,24+,25+/m1/s1. The van der Waals surface area contributed by atoms with Gasteiger partial charge in [-0.1, -0.05) is 30.7 Å². The van der Waals surface area contributed by atoms with Crippen LogP contribution >= 0.6 is 0 Å². The molecule has 1 aromatic rings. The van der Waals surface area contributed by atoms with Gasteiger partial charge in [-0.15, -0.1) is 0 Å². The minimum Gasteiger partial charge on any atom is -0.457 e. The maximum atomic E-state index is 12.9. The molecule has 2 amide bonds. The Kier molecular flexibility index (Phi) is 5.71. The SMILES string of the molecule is Cc1ccc(C(=O)COC(=O)CCCCCN2C(=O)[C@H]3[C@@H]4C=C[C@@H]([C@H]5C[C@H]45)[C@@H]3C2=O)cc1C. The zero-order valence-electron chi connectivity index (χ0n) is 19.3. The molecular weight excluding hydrogens is 418 g/mol. The third-order valence-electron chi connectivity index (χ3n) is 8.21. The van der Waals surface area contributed by atoms with E-state index in [1.807, 2.05) is 26.0 Å². The van der Waals surface area contributed by atoms with Gasteiger partial charge in [-0.3, -0.25) is 24.1 Å². The van der Waals surface area contributed by atoms with Gasteiger partial charge in [0, 0.05) is 18.5 Å². The summed E-state index contributed by atoms with van der Waals surface area (Å²) in [5, 5.41) is 0. The molecule has 6 nitrogen and oxygen atoms in total. The number of aryl methyl sites for hydroxylation is 2. The van der Waals surface area contributed by atoms with Gasteiger partial charge in [0.25, 0.3) is 0 Å². The molecule has 3 fully saturated rings. The van der Waals surface area contributed by atoms with Crippen LogP contribution in [0.15, 0.2) is 30.4 Å². The van der Waals surface area contributed by atoms with Crippen LogP contribution < -0.4 is 0 Å². The molecule has 0 spiro atoms. The van der Waals surface area contributed by atoms with Gasteiger partial charge < -0.3 is 4.74 Å². The van der Waals surface area contributed by atoms with E-state index < -0.39 is 5.97 Å². The first-order chi connectivity index (χ1) is 15.9. The number of nitrogens with zero attached hydrogens (tertiary/aromatic N) is 1. The Bertz CT molecular complexity index is 1010. The number of ether oxygens (including phenoxy) is 1. The molecule has 1 saturated heterocycles. The lowest BCUT2D eigenvalue weighted by atomic mass is 9.63. The van der Waals surface area contributed by atoms with E-state index in [0.717, 1.165) is 17.5 Å². The van der Waals surface area contributed by atoms with Gasteiger partial charge in [0.1, 0.15) is 0 Å². The van der Waals surface area contributed by atoms with Crippen molar-refractivity contribution in [2.75, 3.05) is 13.2 Å². The summed E-state index contributed by atoms with van der Waals surface area (Å²) in [7, 11) is 0. The molecule has 6 atom stereocenters. The summed E-state index contributed by atoms with van der Waals surface area (Å²) in [6.07, 6.45) is 7.78. The Labute approximate surface area is 194 Å².